The number of Topliss-reactive ketones (excluding diaryl/α,β-unsaturated/α-hetero) is 1. The van der Waals surface area contributed by atoms with Gasteiger partial charge in [-0.15, -0.1) is 0 Å². The third kappa shape index (κ3) is 9.75. The van der Waals surface area contributed by atoms with Crippen LogP contribution in [0.2, 0.25) is 0 Å². The van der Waals surface area contributed by atoms with E-state index in [1.165, 1.54) is 7.11 Å². The van der Waals surface area contributed by atoms with E-state index in [0.29, 0.717) is 13.1 Å². The number of carbonyl (C=O) groups is 2. The zero-order chi connectivity index (χ0) is 15.6. The fraction of sp³-hybridized carbons (Fsp3) is 0.857. The first-order valence-corrected chi connectivity index (χ1v) is 7.02. The van der Waals surface area contributed by atoms with Crippen LogP contribution >= 0.6 is 0 Å². The third-order valence-corrected chi connectivity index (χ3v) is 2.44. The zero-order valence-corrected chi connectivity index (χ0v) is 13.2. The molecule has 0 saturated carbocycles. The Bertz CT molecular complexity index is 300. The second-order valence-corrected chi connectivity index (χ2v) is 5.62. The second kappa shape index (κ2) is 9.72. The van der Waals surface area contributed by atoms with Crippen molar-refractivity contribution < 1.29 is 19.1 Å². The van der Waals surface area contributed by atoms with Crippen molar-refractivity contribution in [2.24, 2.45) is 0 Å². The molecule has 1 atom stereocenters. The molecule has 0 saturated heterocycles. The monoisotopic (exact) mass is 288 g/mol. The summed E-state index contributed by atoms with van der Waals surface area (Å²) in [6.45, 7) is 8.49. The molecule has 0 aliphatic carbocycles. The Hall–Kier alpha value is -1.14. The van der Waals surface area contributed by atoms with Crippen molar-refractivity contribution in [3.8, 4) is 0 Å². The van der Waals surface area contributed by atoms with Gasteiger partial charge < -0.3 is 20.1 Å². The Balaban J connectivity index is 3.94. The summed E-state index contributed by atoms with van der Waals surface area (Å²) in [5.41, 5.74) is -0.503. The quantitative estimate of drug-likeness (QED) is 0.629. The number of methoxy groups -OCH3 is 1. The van der Waals surface area contributed by atoms with Gasteiger partial charge in [0.15, 0.2) is 5.78 Å². The lowest BCUT2D eigenvalue weighted by molar-refractivity contribution is -0.124. The van der Waals surface area contributed by atoms with Crippen molar-refractivity contribution in [1.82, 2.24) is 10.6 Å². The Labute approximate surface area is 121 Å². The molecule has 0 aliphatic heterocycles. The highest BCUT2D eigenvalue weighted by Crippen LogP contribution is 2.06. The number of hydrogen-bond donors (Lipinski definition) is 2. The molecule has 118 valence electrons. The molecule has 0 aromatic rings. The molecule has 6 heteroatoms. The van der Waals surface area contributed by atoms with E-state index in [0.717, 1.165) is 12.8 Å². The zero-order valence-electron chi connectivity index (χ0n) is 13.2. The van der Waals surface area contributed by atoms with Gasteiger partial charge in [-0.1, -0.05) is 13.3 Å². The summed E-state index contributed by atoms with van der Waals surface area (Å²) in [4.78, 5) is 23.2. The first-order chi connectivity index (χ1) is 9.30. The Morgan fingerprint density at radius 1 is 1.20 bits per heavy atom. The molecule has 0 radical (unpaired) electrons. The minimum Gasteiger partial charge on any atom is -0.444 e. The van der Waals surface area contributed by atoms with Gasteiger partial charge in [-0.3, -0.25) is 4.79 Å². The first-order valence-electron chi connectivity index (χ1n) is 7.02. The van der Waals surface area contributed by atoms with Crippen molar-refractivity contribution in [3.05, 3.63) is 0 Å². The lowest BCUT2D eigenvalue weighted by atomic mass is 10.1. The second-order valence-electron chi connectivity index (χ2n) is 5.62. The summed E-state index contributed by atoms with van der Waals surface area (Å²) in [7, 11) is 1.50. The maximum Gasteiger partial charge on any atom is 0.407 e. The number of ketones is 1. The van der Waals surface area contributed by atoms with Crippen molar-refractivity contribution in [1.29, 1.82) is 0 Å². The fourth-order valence-electron chi connectivity index (χ4n) is 1.63. The van der Waals surface area contributed by atoms with Gasteiger partial charge in [0.2, 0.25) is 0 Å². The predicted molar refractivity (Wildman–Crippen MR) is 77.8 cm³/mol. The normalized spacial score (nSPS) is 12.8. The molecule has 0 bridgehead atoms. The van der Waals surface area contributed by atoms with Gasteiger partial charge >= 0.3 is 6.09 Å². The SMILES string of the molecule is CCCC(NCCNC(=O)OC(C)(C)C)C(=O)COC. The van der Waals surface area contributed by atoms with E-state index in [1.807, 2.05) is 27.7 Å². The standard InChI is InChI=1S/C14H28N2O4/c1-6-7-11(12(17)10-19-5)15-8-9-16-13(18)20-14(2,3)4/h11,15H,6-10H2,1-5H3,(H,16,18). The van der Waals surface area contributed by atoms with Crippen LogP contribution < -0.4 is 10.6 Å². The molecule has 0 aromatic carbocycles. The Morgan fingerprint density at radius 2 is 1.85 bits per heavy atom. The number of nitrogens with one attached hydrogen (secondary N) is 2. The molecule has 0 aliphatic rings. The molecular weight excluding hydrogens is 260 g/mol. The molecule has 2 N–H and O–H groups in total. The van der Waals surface area contributed by atoms with Gasteiger partial charge in [-0.2, -0.15) is 0 Å². The van der Waals surface area contributed by atoms with E-state index in [9.17, 15) is 9.59 Å². The van der Waals surface area contributed by atoms with Crippen LogP contribution in [-0.2, 0) is 14.3 Å². The van der Waals surface area contributed by atoms with E-state index in [2.05, 4.69) is 10.6 Å². The van der Waals surface area contributed by atoms with Crippen LogP contribution in [0.4, 0.5) is 4.79 Å². The molecule has 20 heavy (non-hydrogen) atoms. The van der Waals surface area contributed by atoms with Gasteiger partial charge in [0.25, 0.3) is 0 Å². The average molecular weight is 288 g/mol. The minimum atomic E-state index is -0.503. The highest BCUT2D eigenvalue weighted by molar-refractivity contribution is 5.85. The number of amides is 1. The van der Waals surface area contributed by atoms with Crippen LogP contribution in [0.5, 0.6) is 0 Å². The van der Waals surface area contributed by atoms with E-state index in [-0.39, 0.29) is 18.4 Å². The maximum absolute atomic E-state index is 11.7. The molecule has 1 unspecified atom stereocenters. The summed E-state index contributed by atoms with van der Waals surface area (Å²) in [6, 6.07) is -0.222. The maximum atomic E-state index is 11.7. The van der Waals surface area contributed by atoms with Crippen LogP contribution in [0.1, 0.15) is 40.5 Å². The van der Waals surface area contributed by atoms with Gasteiger partial charge in [0.1, 0.15) is 12.2 Å². The van der Waals surface area contributed by atoms with Crippen molar-refractivity contribution in [2.75, 3.05) is 26.8 Å². The molecule has 0 spiro atoms. The predicted octanol–water partition coefficient (Wildman–Crippen LogP) is 1.48. The molecule has 0 heterocycles. The average Bonchev–Trinajstić information content (AvgIpc) is 2.31. The van der Waals surface area contributed by atoms with Crippen molar-refractivity contribution in [2.45, 2.75) is 52.2 Å². The van der Waals surface area contributed by atoms with E-state index in [4.69, 9.17) is 9.47 Å². The van der Waals surface area contributed by atoms with Gasteiger partial charge in [-0.05, 0) is 27.2 Å². The summed E-state index contributed by atoms with van der Waals surface area (Å²) in [5, 5.41) is 5.77. The summed E-state index contributed by atoms with van der Waals surface area (Å²) in [5.74, 6) is 0.0339. The number of ether oxygens (including phenoxy) is 2. The molecule has 0 rings (SSSR count). The Morgan fingerprint density at radius 3 is 2.35 bits per heavy atom. The molecular formula is C14H28N2O4. The van der Waals surface area contributed by atoms with E-state index in [1.54, 1.807) is 0 Å². The van der Waals surface area contributed by atoms with E-state index >= 15 is 0 Å². The number of rotatable bonds is 9. The number of alkyl carbamates (subject to hydrolysis) is 1. The molecule has 0 fully saturated rings. The fourth-order valence-corrected chi connectivity index (χ4v) is 1.63. The summed E-state index contributed by atoms with van der Waals surface area (Å²) < 4.78 is 9.96. The lowest BCUT2D eigenvalue weighted by Crippen LogP contribution is -2.43. The van der Waals surface area contributed by atoms with Crippen molar-refractivity contribution in [3.63, 3.8) is 0 Å². The largest absolute Gasteiger partial charge is 0.444 e. The summed E-state index contributed by atoms with van der Waals surface area (Å²) >= 11 is 0. The number of hydrogen-bond acceptors (Lipinski definition) is 5. The summed E-state index contributed by atoms with van der Waals surface area (Å²) in [6.07, 6.45) is 1.22. The molecule has 6 nitrogen and oxygen atoms in total. The minimum absolute atomic E-state index is 0.0339. The Kier molecular flexibility index (Phi) is 9.16. The highest BCUT2D eigenvalue weighted by atomic mass is 16.6. The van der Waals surface area contributed by atoms with Crippen LogP contribution in [0.15, 0.2) is 0 Å². The van der Waals surface area contributed by atoms with Gasteiger partial charge in [0.05, 0.1) is 6.04 Å². The highest BCUT2D eigenvalue weighted by Gasteiger charge is 2.17. The van der Waals surface area contributed by atoms with Crippen LogP contribution in [-0.4, -0.2) is 50.3 Å². The van der Waals surface area contributed by atoms with Crippen LogP contribution in [0, 0.1) is 0 Å². The van der Waals surface area contributed by atoms with Gasteiger partial charge in [-0.25, -0.2) is 4.79 Å². The van der Waals surface area contributed by atoms with Gasteiger partial charge in [0, 0.05) is 20.2 Å². The molecule has 1 amide bonds. The molecule has 0 aromatic heterocycles. The third-order valence-electron chi connectivity index (χ3n) is 2.44. The lowest BCUT2D eigenvalue weighted by Gasteiger charge is -2.20. The van der Waals surface area contributed by atoms with Crippen LogP contribution in [0.3, 0.4) is 0 Å². The van der Waals surface area contributed by atoms with Crippen LogP contribution in [0.25, 0.3) is 0 Å². The van der Waals surface area contributed by atoms with Crippen molar-refractivity contribution >= 4 is 11.9 Å². The topological polar surface area (TPSA) is 76.7 Å². The smallest absolute Gasteiger partial charge is 0.407 e. The van der Waals surface area contributed by atoms with E-state index < -0.39 is 11.7 Å². The number of carbonyl (C=O) groups excluding carboxylic acids is 2. The first kappa shape index (κ1) is 18.9.